The Kier molecular flexibility index (Phi) is 7.89. The SMILES string of the molecule is c1ccc(-c2ccc(N(c3ccc4c(c3)c(-c3ccccc3)c(-c3ccccc3)c3ccccc34)c3cc4ccccc4c4ccccc34)c3ccccc23)cc1. The molecule has 0 amide bonds. The first-order chi connectivity index (χ1) is 28.3. The summed E-state index contributed by atoms with van der Waals surface area (Å²) in [5, 5.41) is 12.3. The topological polar surface area (TPSA) is 3.24 Å². The van der Waals surface area contributed by atoms with E-state index in [9.17, 15) is 0 Å². The fourth-order valence-electron chi connectivity index (χ4n) is 9.10. The zero-order valence-electron chi connectivity index (χ0n) is 31.3. The number of fused-ring (bicyclic) bond motifs is 7. The van der Waals surface area contributed by atoms with Gasteiger partial charge < -0.3 is 4.90 Å². The van der Waals surface area contributed by atoms with Crippen LogP contribution in [0.1, 0.15) is 0 Å². The van der Waals surface area contributed by atoms with Crippen molar-refractivity contribution in [3.8, 4) is 33.4 Å². The van der Waals surface area contributed by atoms with Gasteiger partial charge in [0.05, 0.1) is 11.4 Å². The normalized spacial score (nSPS) is 11.5. The number of nitrogens with zero attached hydrogens (tertiary/aromatic N) is 1. The van der Waals surface area contributed by atoms with Crippen molar-refractivity contribution >= 4 is 70.9 Å². The lowest BCUT2D eigenvalue weighted by molar-refractivity contribution is 1.32. The second-order valence-corrected chi connectivity index (χ2v) is 14.8. The molecule has 0 heterocycles. The van der Waals surface area contributed by atoms with Crippen LogP contribution in [-0.2, 0) is 0 Å². The summed E-state index contributed by atoms with van der Waals surface area (Å²) in [6.45, 7) is 0. The molecule has 0 atom stereocenters. The van der Waals surface area contributed by atoms with Gasteiger partial charge in [-0.25, -0.2) is 0 Å². The van der Waals surface area contributed by atoms with Crippen LogP contribution in [0.5, 0.6) is 0 Å². The van der Waals surface area contributed by atoms with Crippen LogP contribution in [0.3, 0.4) is 0 Å². The number of rotatable bonds is 6. The van der Waals surface area contributed by atoms with E-state index in [1.54, 1.807) is 0 Å². The van der Waals surface area contributed by atoms with Crippen LogP contribution in [0.4, 0.5) is 17.1 Å². The summed E-state index contributed by atoms with van der Waals surface area (Å²) in [7, 11) is 0. The Bertz CT molecular complexity index is 3280. The molecule has 57 heavy (non-hydrogen) atoms. The number of hydrogen-bond donors (Lipinski definition) is 0. The monoisotopic (exact) mass is 723 g/mol. The first-order valence-corrected chi connectivity index (χ1v) is 19.7. The number of hydrogen-bond acceptors (Lipinski definition) is 1. The largest absolute Gasteiger partial charge is 0.309 e. The molecule has 266 valence electrons. The molecule has 0 aromatic heterocycles. The Morgan fingerprint density at radius 2 is 0.702 bits per heavy atom. The molecule has 0 aliphatic heterocycles. The van der Waals surface area contributed by atoms with E-state index in [1.165, 1.54) is 87.2 Å². The van der Waals surface area contributed by atoms with E-state index < -0.39 is 0 Å². The number of benzene rings is 11. The first-order valence-electron chi connectivity index (χ1n) is 19.7. The van der Waals surface area contributed by atoms with E-state index in [1.807, 2.05) is 0 Å². The molecular formula is C56H37N. The van der Waals surface area contributed by atoms with Gasteiger partial charge in [0.2, 0.25) is 0 Å². The van der Waals surface area contributed by atoms with Crippen molar-refractivity contribution in [1.29, 1.82) is 0 Å². The lowest BCUT2D eigenvalue weighted by Crippen LogP contribution is -2.11. The average molecular weight is 724 g/mol. The van der Waals surface area contributed by atoms with Gasteiger partial charge in [0.25, 0.3) is 0 Å². The predicted octanol–water partition coefficient (Wildman–Crippen LogP) is 15.9. The van der Waals surface area contributed by atoms with Crippen molar-refractivity contribution < 1.29 is 0 Å². The second kappa shape index (κ2) is 13.7. The maximum absolute atomic E-state index is 2.51. The van der Waals surface area contributed by atoms with Crippen LogP contribution in [0.25, 0.3) is 87.2 Å². The molecule has 0 N–H and O–H groups in total. The van der Waals surface area contributed by atoms with Gasteiger partial charge in [-0.15, -0.1) is 0 Å². The van der Waals surface area contributed by atoms with Crippen molar-refractivity contribution in [3.63, 3.8) is 0 Å². The highest BCUT2D eigenvalue weighted by Gasteiger charge is 2.23. The summed E-state index contributed by atoms with van der Waals surface area (Å²) < 4.78 is 0. The smallest absolute Gasteiger partial charge is 0.0546 e. The Labute approximate surface area is 332 Å². The van der Waals surface area contributed by atoms with Crippen LogP contribution in [-0.4, -0.2) is 0 Å². The molecule has 0 saturated carbocycles. The van der Waals surface area contributed by atoms with E-state index in [2.05, 4.69) is 229 Å². The standard InChI is InChI=1S/C56H37N/c1-4-18-38(19-5-1)44-34-35-53(49-29-15-12-27-46(44)49)57(54-36-41-24-10-11-25-43(41)45-26-13-16-30-50(45)54)42-32-33-48-47-28-14-17-31-51(47)55(39-20-6-2-7-21-39)56(52(48)37-42)40-22-8-3-9-23-40/h1-37H. The molecule has 0 fully saturated rings. The summed E-state index contributed by atoms with van der Waals surface area (Å²) in [5.74, 6) is 0. The maximum Gasteiger partial charge on any atom is 0.0546 e. The van der Waals surface area contributed by atoms with Gasteiger partial charge in [-0.05, 0) is 101 Å². The molecule has 11 rings (SSSR count). The molecule has 1 nitrogen and oxygen atoms in total. The fourth-order valence-corrected chi connectivity index (χ4v) is 9.10. The molecule has 0 radical (unpaired) electrons. The van der Waals surface area contributed by atoms with E-state index in [4.69, 9.17) is 0 Å². The first kappa shape index (κ1) is 32.9. The van der Waals surface area contributed by atoms with Gasteiger partial charge in [0.15, 0.2) is 0 Å². The van der Waals surface area contributed by atoms with Crippen LogP contribution < -0.4 is 4.90 Å². The van der Waals surface area contributed by atoms with Crippen molar-refractivity contribution in [2.24, 2.45) is 0 Å². The third-order valence-corrected chi connectivity index (χ3v) is 11.6. The van der Waals surface area contributed by atoms with E-state index in [0.717, 1.165) is 17.1 Å². The summed E-state index contributed by atoms with van der Waals surface area (Å²) in [5.41, 5.74) is 10.7. The zero-order valence-corrected chi connectivity index (χ0v) is 31.3. The fraction of sp³-hybridized carbons (Fsp3) is 0. The van der Waals surface area contributed by atoms with E-state index in [0.29, 0.717) is 0 Å². The number of anilines is 3. The van der Waals surface area contributed by atoms with Crippen LogP contribution in [0.15, 0.2) is 224 Å². The molecule has 0 aliphatic carbocycles. The maximum atomic E-state index is 2.51. The summed E-state index contributed by atoms with van der Waals surface area (Å²) in [6.07, 6.45) is 0. The second-order valence-electron chi connectivity index (χ2n) is 14.8. The minimum Gasteiger partial charge on any atom is -0.309 e. The van der Waals surface area contributed by atoms with E-state index >= 15 is 0 Å². The Morgan fingerprint density at radius 3 is 1.35 bits per heavy atom. The lowest BCUT2D eigenvalue weighted by Gasteiger charge is -2.30. The quantitative estimate of drug-likeness (QED) is 0.154. The van der Waals surface area contributed by atoms with E-state index in [-0.39, 0.29) is 0 Å². The molecule has 0 spiro atoms. The highest BCUT2D eigenvalue weighted by atomic mass is 15.1. The molecule has 11 aromatic rings. The summed E-state index contributed by atoms with van der Waals surface area (Å²) in [6, 6.07) is 82.1. The Balaban J connectivity index is 1.28. The highest BCUT2D eigenvalue weighted by molar-refractivity contribution is 6.23. The molecule has 1 heteroatoms. The predicted molar refractivity (Wildman–Crippen MR) is 245 cm³/mol. The van der Waals surface area contributed by atoms with Gasteiger partial charge in [-0.3, -0.25) is 0 Å². The van der Waals surface area contributed by atoms with Crippen LogP contribution in [0, 0.1) is 0 Å². The van der Waals surface area contributed by atoms with Gasteiger partial charge >= 0.3 is 0 Å². The van der Waals surface area contributed by atoms with Gasteiger partial charge in [-0.2, -0.15) is 0 Å². The third kappa shape index (κ3) is 5.47. The molecule has 0 saturated heterocycles. The van der Waals surface area contributed by atoms with Crippen molar-refractivity contribution in [3.05, 3.63) is 224 Å². The van der Waals surface area contributed by atoms with Gasteiger partial charge in [0.1, 0.15) is 0 Å². The summed E-state index contributed by atoms with van der Waals surface area (Å²) in [4.78, 5) is 2.51. The minimum absolute atomic E-state index is 1.10. The highest BCUT2D eigenvalue weighted by Crippen LogP contribution is 2.49. The molecule has 0 aliphatic rings. The van der Waals surface area contributed by atoms with Crippen molar-refractivity contribution in [2.75, 3.05) is 4.90 Å². The molecule has 11 aromatic carbocycles. The van der Waals surface area contributed by atoms with Crippen molar-refractivity contribution in [2.45, 2.75) is 0 Å². The molecule has 0 bridgehead atoms. The minimum atomic E-state index is 1.10. The average Bonchev–Trinajstić information content (AvgIpc) is 3.29. The van der Waals surface area contributed by atoms with Crippen LogP contribution in [0.2, 0.25) is 0 Å². The van der Waals surface area contributed by atoms with Crippen LogP contribution >= 0.6 is 0 Å². The van der Waals surface area contributed by atoms with Gasteiger partial charge in [0, 0.05) is 16.5 Å². The van der Waals surface area contributed by atoms with Crippen molar-refractivity contribution in [1.82, 2.24) is 0 Å². The molecular weight excluding hydrogens is 687 g/mol. The third-order valence-electron chi connectivity index (χ3n) is 11.6. The zero-order chi connectivity index (χ0) is 37.7. The van der Waals surface area contributed by atoms with Gasteiger partial charge in [-0.1, -0.05) is 200 Å². The molecule has 0 unspecified atom stereocenters. The Hall–Kier alpha value is -7.48. The Morgan fingerprint density at radius 1 is 0.246 bits per heavy atom. The lowest BCUT2D eigenvalue weighted by atomic mass is 9.85. The summed E-state index contributed by atoms with van der Waals surface area (Å²) >= 11 is 0.